The summed E-state index contributed by atoms with van der Waals surface area (Å²) < 4.78 is 4.92. The Kier molecular flexibility index (Phi) is 2.26. The van der Waals surface area contributed by atoms with Gasteiger partial charge in [0.25, 0.3) is 0 Å². The number of oxazole rings is 1. The highest BCUT2D eigenvalue weighted by Gasteiger charge is 2.07. The predicted molar refractivity (Wildman–Crippen MR) is 59.8 cm³/mol. The number of fused-ring (bicyclic) bond motifs is 1. The van der Waals surface area contributed by atoms with Gasteiger partial charge in [-0.25, -0.2) is 4.79 Å². The molecule has 0 saturated carbocycles. The average molecular weight is 206 g/mol. The second-order valence-corrected chi connectivity index (χ2v) is 4.17. The molecule has 0 aliphatic carbocycles. The van der Waals surface area contributed by atoms with E-state index in [0.29, 0.717) is 22.7 Å². The van der Waals surface area contributed by atoms with Gasteiger partial charge in [-0.05, 0) is 30.0 Å². The summed E-state index contributed by atoms with van der Waals surface area (Å²) >= 11 is 0. The van der Waals surface area contributed by atoms with Gasteiger partial charge in [0.2, 0.25) is 0 Å². The summed E-state index contributed by atoms with van der Waals surface area (Å²) in [5.41, 5.74) is 8.55. The molecule has 0 aliphatic rings. The molecular formula is C11H14N2O2. The molecule has 2 rings (SSSR count). The molecule has 0 bridgehead atoms. The van der Waals surface area contributed by atoms with Crippen molar-refractivity contribution >= 4 is 16.8 Å². The molecular weight excluding hydrogens is 192 g/mol. The van der Waals surface area contributed by atoms with E-state index >= 15 is 0 Å². The highest BCUT2D eigenvalue weighted by molar-refractivity contribution is 5.85. The molecule has 1 aromatic heterocycles. The molecule has 15 heavy (non-hydrogen) atoms. The molecule has 0 aliphatic heterocycles. The number of hydrogen-bond donors (Lipinski definition) is 2. The predicted octanol–water partition coefficient (Wildman–Crippen LogP) is 1.90. The summed E-state index contributed by atoms with van der Waals surface area (Å²) in [6.07, 6.45) is 0.938. The number of nitrogen functional groups attached to an aromatic ring is 1. The van der Waals surface area contributed by atoms with E-state index < -0.39 is 5.76 Å². The van der Waals surface area contributed by atoms with Crippen molar-refractivity contribution in [3.05, 3.63) is 28.2 Å². The smallest absolute Gasteiger partial charge is 0.406 e. The van der Waals surface area contributed by atoms with Gasteiger partial charge in [0.05, 0.1) is 11.2 Å². The Labute approximate surface area is 87.1 Å². The van der Waals surface area contributed by atoms with Crippen LogP contribution < -0.4 is 11.5 Å². The third kappa shape index (κ3) is 1.88. The Balaban J connectivity index is 2.56. The maximum atomic E-state index is 11.0. The van der Waals surface area contributed by atoms with Gasteiger partial charge < -0.3 is 10.2 Å². The fourth-order valence-electron chi connectivity index (χ4n) is 1.74. The molecule has 0 radical (unpaired) electrons. The lowest BCUT2D eigenvalue weighted by Gasteiger charge is -2.05. The Hall–Kier alpha value is -1.71. The minimum absolute atomic E-state index is 0.451. The quantitative estimate of drug-likeness (QED) is 0.737. The third-order valence-electron chi connectivity index (χ3n) is 2.25. The molecule has 0 atom stereocenters. The monoisotopic (exact) mass is 206 g/mol. The van der Waals surface area contributed by atoms with E-state index in [-0.39, 0.29) is 0 Å². The molecule has 4 nitrogen and oxygen atoms in total. The van der Waals surface area contributed by atoms with Crippen LogP contribution >= 0.6 is 0 Å². The van der Waals surface area contributed by atoms with E-state index in [0.717, 1.165) is 12.0 Å². The maximum Gasteiger partial charge on any atom is 0.417 e. The maximum absolute atomic E-state index is 11.0. The van der Waals surface area contributed by atoms with Crippen molar-refractivity contribution in [2.24, 2.45) is 5.92 Å². The van der Waals surface area contributed by atoms with E-state index in [1.54, 1.807) is 0 Å². The van der Waals surface area contributed by atoms with Crippen LogP contribution in [0, 0.1) is 5.92 Å². The van der Waals surface area contributed by atoms with Crippen molar-refractivity contribution in [2.45, 2.75) is 20.3 Å². The number of aromatic nitrogens is 1. The summed E-state index contributed by atoms with van der Waals surface area (Å²) in [4.78, 5) is 13.6. The molecule has 0 spiro atoms. The standard InChI is InChI=1S/C11H14N2O2/c1-6(2)3-7-4-8(12)10-9(5-7)13-11(14)15-10/h4-6H,3,12H2,1-2H3,(H,13,14). The Morgan fingerprint density at radius 1 is 1.47 bits per heavy atom. The van der Waals surface area contributed by atoms with Gasteiger partial charge in [0, 0.05) is 0 Å². The summed E-state index contributed by atoms with van der Waals surface area (Å²) in [6, 6.07) is 3.77. The number of hydrogen-bond acceptors (Lipinski definition) is 3. The van der Waals surface area contributed by atoms with Crippen LogP contribution in [0.2, 0.25) is 0 Å². The van der Waals surface area contributed by atoms with Crippen LogP contribution in [0.25, 0.3) is 11.1 Å². The largest absolute Gasteiger partial charge is 0.417 e. The van der Waals surface area contributed by atoms with Crippen molar-refractivity contribution in [2.75, 3.05) is 5.73 Å². The lowest BCUT2D eigenvalue weighted by molar-refractivity contribution is 0.556. The first-order chi connectivity index (χ1) is 7.06. The zero-order chi connectivity index (χ0) is 11.0. The SMILES string of the molecule is CC(C)Cc1cc(N)c2oc(=O)[nH]c2c1. The van der Waals surface area contributed by atoms with Crippen LogP contribution in [0.1, 0.15) is 19.4 Å². The first-order valence-electron chi connectivity index (χ1n) is 4.97. The molecule has 1 heterocycles. The molecule has 0 saturated heterocycles. The molecule has 80 valence electrons. The summed E-state index contributed by atoms with van der Waals surface area (Å²) in [6.45, 7) is 4.27. The number of rotatable bonds is 2. The number of benzene rings is 1. The van der Waals surface area contributed by atoms with Crippen molar-refractivity contribution in [3.63, 3.8) is 0 Å². The van der Waals surface area contributed by atoms with Gasteiger partial charge in [-0.1, -0.05) is 13.8 Å². The topological polar surface area (TPSA) is 72.0 Å². The Morgan fingerprint density at radius 2 is 2.20 bits per heavy atom. The summed E-state index contributed by atoms with van der Waals surface area (Å²) in [5.74, 6) is 0.0962. The Morgan fingerprint density at radius 3 is 2.87 bits per heavy atom. The van der Waals surface area contributed by atoms with Crippen molar-refractivity contribution in [1.29, 1.82) is 0 Å². The van der Waals surface area contributed by atoms with Gasteiger partial charge in [0.15, 0.2) is 5.58 Å². The summed E-state index contributed by atoms with van der Waals surface area (Å²) in [7, 11) is 0. The van der Waals surface area contributed by atoms with Crippen LogP contribution in [-0.2, 0) is 6.42 Å². The molecule has 4 heteroatoms. The van der Waals surface area contributed by atoms with E-state index in [1.807, 2.05) is 12.1 Å². The van der Waals surface area contributed by atoms with E-state index in [9.17, 15) is 4.79 Å². The minimum Gasteiger partial charge on any atom is -0.406 e. The number of nitrogens with one attached hydrogen (secondary N) is 1. The fraction of sp³-hybridized carbons (Fsp3) is 0.364. The summed E-state index contributed by atoms with van der Waals surface area (Å²) in [5, 5.41) is 0. The lowest BCUT2D eigenvalue weighted by Crippen LogP contribution is -1.96. The lowest BCUT2D eigenvalue weighted by atomic mass is 10.0. The normalized spacial score (nSPS) is 11.4. The highest BCUT2D eigenvalue weighted by Crippen LogP contribution is 2.22. The average Bonchev–Trinajstić information content (AvgIpc) is 2.44. The van der Waals surface area contributed by atoms with E-state index in [2.05, 4.69) is 18.8 Å². The van der Waals surface area contributed by atoms with Crippen molar-refractivity contribution < 1.29 is 4.42 Å². The van der Waals surface area contributed by atoms with E-state index in [1.165, 1.54) is 0 Å². The van der Waals surface area contributed by atoms with Crippen LogP contribution in [0.3, 0.4) is 0 Å². The molecule has 2 aromatic rings. The fourth-order valence-corrected chi connectivity index (χ4v) is 1.74. The van der Waals surface area contributed by atoms with Crippen LogP contribution in [0.4, 0.5) is 5.69 Å². The zero-order valence-corrected chi connectivity index (χ0v) is 8.83. The molecule has 0 unspecified atom stereocenters. The van der Waals surface area contributed by atoms with Gasteiger partial charge >= 0.3 is 5.76 Å². The van der Waals surface area contributed by atoms with E-state index in [4.69, 9.17) is 10.2 Å². The van der Waals surface area contributed by atoms with Gasteiger partial charge in [-0.2, -0.15) is 0 Å². The highest BCUT2D eigenvalue weighted by atomic mass is 16.4. The van der Waals surface area contributed by atoms with Crippen molar-refractivity contribution in [1.82, 2.24) is 4.98 Å². The van der Waals surface area contributed by atoms with Gasteiger partial charge in [-0.3, -0.25) is 4.98 Å². The molecule has 0 fully saturated rings. The minimum atomic E-state index is -0.460. The van der Waals surface area contributed by atoms with Crippen molar-refractivity contribution in [3.8, 4) is 0 Å². The van der Waals surface area contributed by atoms with Crippen LogP contribution in [-0.4, -0.2) is 4.98 Å². The van der Waals surface area contributed by atoms with Crippen LogP contribution in [0.15, 0.2) is 21.3 Å². The number of nitrogens with two attached hydrogens (primary N) is 1. The number of anilines is 1. The third-order valence-corrected chi connectivity index (χ3v) is 2.25. The van der Waals surface area contributed by atoms with Gasteiger partial charge in [0.1, 0.15) is 0 Å². The first kappa shape index (κ1) is 9.83. The number of aromatic amines is 1. The number of H-pyrrole nitrogens is 1. The molecule has 3 N–H and O–H groups in total. The zero-order valence-electron chi connectivity index (χ0n) is 8.83. The second kappa shape index (κ2) is 3.46. The second-order valence-electron chi connectivity index (χ2n) is 4.17. The molecule has 1 aromatic carbocycles. The Bertz CT molecular complexity index is 537. The molecule has 0 amide bonds. The van der Waals surface area contributed by atoms with Crippen LogP contribution in [0.5, 0.6) is 0 Å². The van der Waals surface area contributed by atoms with Gasteiger partial charge in [-0.15, -0.1) is 0 Å². The first-order valence-corrected chi connectivity index (χ1v) is 4.97.